The zero-order valence-corrected chi connectivity index (χ0v) is 16.6. The summed E-state index contributed by atoms with van der Waals surface area (Å²) in [4.78, 5) is 0. The molecule has 4 N–H and O–H groups in total. The molecule has 0 aromatic carbocycles. The van der Waals surface area contributed by atoms with E-state index in [1.54, 1.807) is 13.8 Å². The molecule has 0 aromatic rings. The van der Waals surface area contributed by atoms with Gasteiger partial charge in [-0.25, -0.2) is 0 Å². The summed E-state index contributed by atoms with van der Waals surface area (Å²) in [6.07, 6.45) is -2.03. The Balaban J connectivity index is 0. The monoisotopic (exact) mass is 440 g/mol. The molecular formula is C12H22Cl6O4. The molecule has 0 saturated heterocycles. The quantitative estimate of drug-likeness (QED) is 0.435. The van der Waals surface area contributed by atoms with Crippen LogP contribution in [0.25, 0.3) is 0 Å². The van der Waals surface area contributed by atoms with Crippen molar-refractivity contribution in [2.24, 2.45) is 0 Å². The third-order valence-corrected chi connectivity index (χ3v) is 6.08. The molecule has 22 heavy (non-hydrogen) atoms. The van der Waals surface area contributed by atoms with Crippen LogP contribution in [0.3, 0.4) is 0 Å². The van der Waals surface area contributed by atoms with E-state index in [9.17, 15) is 0 Å². The lowest BCUT2D eigenvalue weighted by Crippen LogP contribution is -2.36. The maximum atomic E-state index is 9.02. The van der Waals surface area contributed by atoms with E-state index < -0.39 is 46.9 Å². The predicted octanol–water partition coefficient (Wildman–Crippen LogP) is 2.36. The second-order valence-corrected chi connectivity index (χ2v) is 8.03. The molecule has 4 nitrogen and oxygen atoms in total. The summed E-state index contributed by atoms with van der Waals surface area (Å²) in [6.45, 7) is 2.55. The molecule has 0 aliphatic heterocycles. The second-order valence-electron chi connectivity index (χ2n) is 4.63. The van der Waals surface area contributed by atoms with Gasteiger partial charge < -0.3 is 20.4 Å². The normalized spacial score (nSPS) is 22.4. The summed E-state index contributed by atoms with van der Waals surface area (Å²) in [7, 11) is 0. The fraction of sp³-hybridized carbons (Fsp3) is 1.00. The summed E-state index contributed by atoms with van der Waals surface area (Å²) in [6, 6.07) is 0. The molecule has 0 radical (unpaired) electrons. The topological polar surface area (TPSA) is 80.9 Å². The number of halogens is 6. The maximum absolute atomic E-state index is 9.02. The fourth-order valence-corrected chi connectivity index (χ4v) is 2.53. The van der Waals surface area contributed by atoms with Gasteiger partial charge in [-0.3, -0.25) is 0 Å². The highest BCUT2D eigenvalue weighted by atomic mass is 35.5. The van der Waals surface area contributed by atoms with Crippen molar-refractivity contribution in [1.82, 2.24) is 0 Å². The van der Waals surface area contributed by atoms with Gasteiger partial charge >= 0.3 is 0 Å². The highest BCUT2D eigenvalue weighted by Gasteiger charge is 2.28. The molecule has 0 rings (SSSR count). The van der Waals surface area contributed by atoms with Crippen LogP contribution in [0.2, 0.25) is 0 Å². The lowest BCUT2D eigenvalue weighted by molar-refractivity contribution is 0.0904. The van der Waals surface area contributed by atoms with Gasteiger partial charge in [0.2, 0.25) is 0 Å². The highest BCUT2D eigenvalue weighted by Crippen LogP contribution is 2.21. The molecule has 0 heterocycles. The Bertz CT molecular complexity index is 246. The number of aliphatic hydroxyl groups excluding tert-OH is 4. The van der Waals surface area contributed by atoms with Crippen molar-refractivity contribution in [2.75, 3.05) is 13.2 Å². The van der Waals surface area contributed by atoms with Crippen molar-refractivity contribution in [3.05, 3.63) is 0 Å². The van der Waals surface area contributed by atoms with Gasteiger partial charge in [0, 0.05) is 10.8 Å². The van der Waals surface area contributed by atoms with E-state index in [1.165, 1.54) is 0 Å². The van der Waals surface area contributed by atoms with E-state index in [4.69, 9.17) is 90.0 Å². The van der Waals surface area contributed by atoms with Crippen LogP contribution in [0.15, 0.2) is 0 Å². The van der Waals surface area contributed by atoms with Gasteiger partial charge in [-0.05, 0) is 13.8 Å². The van der Waals surface area contributed by atoms with Crippen LogP contribution in [0.5, 0.6) is 0 Å². The Morgan fingerprint density at radius 2 is 0.818 bits per heavy atom. The van der Waals surface area contributed by atoms with Gasteiger partial charge in [0.15, 0.2) is 0 Å². The van der Waals surface area contributed by atoms with E-state index in [0.29, 0.717) is 0 Å². The summed E-state index contributed by atoms with van der Waals surface area (Å²) < 4.78 is 0. The second kappa shape index (κ2) is 13.8. The fourth-order valence-electron chi connectivity index (χ4n) is 1.13. The molecule has 0 aromatic heterocycles. The van der Waals surface area contributed by atoms with Crippen molar-refractivity contribution in [3.63, 3.8) is 0 Å². The van der Waals surface area contributed by atoms with Crippen LogP contribution in [-0.2, 0) is 0 Å². The van der Waals surface area contributed by atoms with Crippen molar-refractivity contribution in [3.8, 4) is 0 Å². The summed E-state index contributed by atoms with van der Waals surface area (Å²) in [5, 5.41) is 31.9. The number of alkyl halides is 6. The Morgan fingerprint density at radius 1 is 0.591 bits per heavy atom. The number of hydrogen-bond donors (Lipinski definition) is 4. The van der Waals surface area contributed by atoms with E-state index in [0.717, 1.165) is 0 Å². The Morgan fingerprint density at radius 3 is 0.955 bits per heavy atom. The first-order valence-corrected chi connectivity index (χ1v) is 9.05. The Hall–Kier alpha value is 1.58. The van der Waals surface area contributed by atoms with Gasteiger partial charge in [0.05, 0.1) is 46.9 Å². The lowest BCUT2D eigenvalue weighted by Gasteiger charge is -2.21. The van der Waals surface area contributed by atoms with Gasteiger partial charge in [0.25, 0.3) is 0 Å². The van der Waals surface area contributed by atoms with E-state index in [-0.39, 0.29) is 10.8 Å². The van der Waals surface area contributed by atoms with Crippen molar-refractivity contribution < 1.29 is 20.4 Å². The van der Waals surface area contributed by atoms with E-state index >= 15 is 0 Å². The number of rotatable bonds is 8. The zero-order chi connectivity index (χ0) is 18.0. The van der Waals surface area contributed by atoms with Crippen molar-refractivity contribution in [2.45, 2.75) is 58.3 Å². The van der Waals surface area contributed by atoms with Crippen molar-refractivity contribution in [1.29, 1.82) is 0 Å². The molecule has 0 fully saturated rings. The molecule has 8 atom stereocenters. The van der Waals surface area contributed by atoms with Gasteiger partial charge in [0.1, 0.15) is 0 Å². The van der Waals surface area contributed by atoms with E-state index in [2.05, 4.69) is 0 Å². The van der Waals surface area contributed by atoms with E-state index in [1.807, 2.05) is 0 Å². The smallest absolute Gasteiger partial charge is 0.0949 e. The lowest BCUT2D eigenvalue weighted by atomic mass is 10.1. The van der Waals surface area contributed by atoms with Crippen LogP contribution < -0.4 is 0 Å². The third-order valence-electron chi connectivity index (χ3n) is 2.60. The highest BCUT2D eigenvalue weighted by molar-refractivity contribution is 6.35. The maximum Gasteiger partial charge on any atom is 0.0949 e. The first-order chi connectivity index (χ1) is 10.0. The van der Waals surface area contributed by atoms with Crippen LogP contribution in [-0.4, -0.2) is 78.1 Å². The van der Waals surface area contributed by atoms with Crippen molar-refractivity contribution >= 4 is 69.6 Å². The molecule has 0 spiro atoms. The minimum Gasteiger partial charge on any atom is -0.394 e. The van der Waals surface area contributed by atoms with Crippen LogP contribution >= 0.6 is 69.6 Å². The van der Waals surface area contributed by atoms with Gasteiger partial charge in [-0.1, -0.05) is 0 Å². The molecule has 0 aliphatic rings. The number of hydrogen-bond acceptors (Lipinski definition) is 4. The van der Waals surface area contributed by atoms with Gasteiger partial charge in [-0.2, -0.15) is 0 Å². The van der Waals surface area contributed by atoms with Crippen LogP contribution in [0, 0.1) is 0 Å². The molecule has 0 unspecified atom stereocenters. The number of aliphatic hydroxyl groups is 4. The molecular weight excluding hydrogens is 421 g/mol. The Kier molecular flexibility index (Phi) is 16.2. The largest absolute Gasteiger partial charge is 0.394 e. The molecule has 136 valence electrons. The molecule has 0 aliphatic carbocycles. The zero-order valence-electron chi connectivity index (χ0n) is 12.1. The summed E-state index contributed by atoms with van der Waals surface area (Å²) in [5.41, 5.74) is 0. The van der Waals surface area contributed by atoms with Crippen LogP contribution in [0.1, 0.15) is 13.8 Å². The molecule has 0 saturated carbocycles. The SMILES string of the molecule is C[C@@H](Cl)[C@H](Cl)[C@H](Cl)[C@@H](O)CO.C[C@@H](Cl)[C@H](Cl)[C@H](Cl)[C@@H](O)CO. The minimum atomic E-state index is -1.01. The first kappa shape index (κ1) is 25.8. The standard InChI is InChI=1S/2C6H11Cl3O2/c2*1-3(7)5(8)6(9)4(11)2-10/h2*3-6,10-11H,2H2,1H3/t2*3-,4+,5+,6-/m11/s1. The predicted molar refractivity (Wildman–Crippen MR) is 95.4 cm³/mol. The average molecular weight is 443 g/mol. The summed E-state index contributed by atoms with van der Waals surface area (Å²) >= 11 is 33.9. The average Bonchev–Trinajstić information content (AvgIpc) is 2.50. The summed E-state index contributed by atoms with van der Waals surface area (Å²) in [5.74, 6) is 0. The third kappa shape index (κ3) is 10.4. The molecule has 0 amide bonds. The van der Waals surface area contributed by atoms with Crippen LogP contribution in [0.4, 0.5) is 0 Å². The minimum absolute atomic E-state index is 0.333. The molecule has 10 heteroatoms. The first-order valence-electron chi connectivity index (χ1n) is 6.43. The van der Waals surface area contributed by atoms with Gasteiger partial charge in [-0.15, -0.1) is 69.6 Å². The Labute approximate surface area is 161 Å². The molecule has 0 bridgehead atoms.